The van der Waals surface area contributed by atoms with Crippen molar-refractivity contribution in [3.63, 3.8) is 0 Å². The molecule has 0 spiro atoms. The highest BCUT2D eigenvalue weighted by molar-refractivity contribution is 7.99. The summed E-state index contributed by atoms with van der Waals surface area (Å²) in [7, 11) is 0. The number of thioether (sulfide) groups is 1. The fourth-order valence-electron chi connectivity index (χ4n) is 3.19. The zero-order chi connectivity index (χ0) is 18.5. The van der Waals surface area contributed by atoms with E-state index in [2.05, 4.69) is 35.0 Å². The Balaban J connectivity index is 1.40. The number of aromatic nitrogens is 1. The predicted molar refractivity (Wildman–Crippen MR) is 108 cm³/mol. The van der Waals surface area contributed by atoms with Crippen molar-refractivity contribution in [2.24, 2.45) is 11.8 Å². The van der Waals surface area contributed by atoms with Gasteiger partial charge in [-0.1, -0.05) is 50.6 Å². The number of amides is 1. The topological polar surface area (TPSA) is 79.2 Å². The second kappa shape index (κ2) is 8.73. The zero-order valence-electron chi connectivity index (χ0n) is 15.0. The Bertz CT molecular complexity index is 746. The van der Waals surface area contributed by atoms with Gasteiger partial charge in [-0.25, -0.2) is 4.98 Å². The maximum absolute atomic E-state index is 12.0. The van der Waals surface area contributed by atoms with Crippen molar-refractivity contribution in [3.8, 4) is 0 Å². The van der Waals surface area contributed by atoms with E-state index in [1.807, 2.05) is 24.3 Å². The van der Waals surface area contributed by atoms with Crippen LogP contribution >= 0.6 is 24.0 Å². The van der Waals surface area contributed by atoms with Gasteiger partial charge in [0.05, 0.1) is 5.75 Å². The van der Waals surface area contributed by atoms with Crippen LogP contribution in [0.2, 0.25) is 0 Å². The van der Waals surface area contributed by atoms with E-state index in [-0.39, 0.29) is 11.7 Å². The molecule has 6 nitrogen and oxygen atoms in total. The number of fused-ring (bicyclic) bond motifs is 1. The smallest absolute Gasteiger partial charge is 0.257 e. The molecule has 1 amide bonds. The van der Waals surface area contributed by atoms with Gasteiger partial charge in [-0.05, 0) is 42.6 Å². The number of hydrazine groups is 1. The van der Waals surface area contributed by atoms with Crippen LogP contribution in [0.1, 0.15) is 33.1 Å². The van der Waals surface area contributed by atoms with Gasteiger partial charge < -0.3 is 9.73 Å². The molecule has 0 bridgehead atoms. The molecular formula is C18H24N4O2S2. The Morgan fingerprint density at radius 1 is 1.31 bits per heavy atom. The van der Waals surface area contributed by atoms with E-state index < -0.39 is 0 Å². The molecule has 1 aromatic carbocycles. The Hall–Kier alpha value is -1.80. The molecule has 1 heterocycles. The number of oxazole rings is 1. The third kappa shape index (κ3) is 4.88. The zero-order valence-corrected chi connectivity index (χ0v) is 16.6. The van der Waals surface area contributed by atoms with Crippen LogP contribution in [-0.4, -0.2) is 27.8 Å². The highest BCUT2D eigenvalue weighted by atomic mass is 32.2. The van der Waals surface area contributed by atoms with Gasteiger partial charge in [-0.2, -0.15) is 0 Å². The van der Waals surface area contributed by atoms with Crippen molar-refractivity contribution in [3.05, 3.63) is 24.3 Å². The fraction of sp³-hybridized carbons (Fsp3) is 0.500. The van der Waals surface area contributed by atoms with Crippen molar-refractivity contribution in [1.82, 2.24) is 21.2 Å². The van der Waals surface area contributed by atoms with Gasteiger partial charge in [0.15, 0.2) is 10.7 Å². The van der Waals surface area contributed by atoms with Crippen molar-refractivity contribution in [2.45, 2.75) is 44.4 Å². The minimum absolute atomic E-state index is 0.188. The third-order valence-corrected chi connectivity index (χ3v) is 5.99. The van der Waals surface area contributed by atoms with Crippen molar-refractivity contribution < 1.29 is 9.21 Å². The maximum Gasteiger partial charge on any atom is 0.257 e. The summed E-state index contributed by atoms with van der Waals surface area (Å²) in [5.74, 6) is 1.26. The molecule has 26 heavy (non-hydrogen) atoms. The Labute approximate surface area is 162 Å². The van der Waals surface area contributed by atoms with E-state index in [1.54, 1.807) is 0 Å². The number of benzene rings is 1. The molecule has 0 aliphatic heterocycles. The SMILES string of the molecule is C[C@@H]1[C@H](C)CCC[C@H]1NC(=S)NNC(=O)CSc1nc2ccccc2o1. The van der Waals surface area contributed by atoms with Crippen LogP contribution in [0.5, 0.6) is 0 Å². The molecule has 1 aliphatic carbocycles. The average molecular weight is 393 g/mol. The molecule has 1 aliphatic rings. The summed E-state index contributed by atoms with van der Waals surface area (Å²) in [4.78, 5) is 16.3. The largest absolute Gasteiger partial charge is 0.431 e. The van der Waals surface area contributed by atoms with Gasteiger partial charge in [-0.3, -0.25) is 15.6 Å². The first-order valence-electron chi connectivity index (χ1n) is 8.86. The molecule has 0 unspecified atom stereocenters. The number of thiocarbonyl (C=S) groups is 1. The minimum atomic E-state index is -0.188. The number of hydrogen-bond acceptors (Lipinski definition) is 5. The van der Waals surface area contributed by atoms with Crippen LogP contribution in [0.15, 0.2) is 33.9 Å². The number of rotatable bonds is 4. The quantitative estimate of drug-likeness (QED) is 0.419. The van der Waals surface area contributed by atoms with E-state index in [1.165, 1.54) is 24.6 Å². The molecule has 1 saturated carbocycles. The van der Waals surface area contributed by atoms with Gasteiger partial charge in [0.25, 0.3) is 5.22 Å². The number of para-hydroxylation sites is 2. The van der Waals surface area contributed by atoms with E-state index in [4.69, 9.17) is 16.6 Å². The molecular weight excluding hydrogens is 368 g/mol. The van der Waals surface area contributed by atoms with E-state index in [0.29, 0.717) is 28.2 Å². The summed E-state index contributed by atoms with van der Waals surface area (Å²) in [6.07, 6.45) is 3.58. The number of nitrogens with one attached hydrogen (secondary N) is 3. The molecule has 0 radical (unpaired) electrons. The lowest BCUT2D eigenvalue weighted by atomic mass is 9.78. The third-order valence-electron chi connectivity index (χ3n) is 4.94. The second-order valence-electron chi connectivity index (χ2n) is 6.76. The lowest BCUT2D eigenvalue weighted by molar-refractivity contribution is -0.119. The molecule has 140 valence electrons. The first-order chi connectivity index (χ1) is 12.5. The lowest BCUT2D eigenvalue weighted by Gasteiger charge is -2.35. The molecule has 1 fully saturated rings. The molecule has 1 aromatic heterocycles. The van der Waals surface area contributed by atoms with E-state index in [9.17, 15) is 4.79 Å². The van der Waals surface area contributed by atoms with E-state index in [0.717, 1.165) is 17.5 Å². The fourth-order valence-corrected chi connectivity index (χ4v) is 4.03. The first-order valence-corrected chi connectivity index (χ1v) is 10.3. The Morgan fingerprint density at radius 3 is 2.92 bits per heavy atom. The van der Waals surface area contributed by atoms with Crippen LogP contribution < -0.4 is 16.2 Å². The highest BCUT2D eigenvalue weighted by Crippen LogP contribution is 2.29. The normalized spacial score (nSPS) is 22.8. The number of hydrogen-bond donors (Lipinski definition) is 3. The standard InChI is InChI=1S/C18H24N4O2S2/c1-11-6-5-8-13(12(11)2)19-17(25)22-21-16(23)10-26-18-20-14-7-3-4-9-15(14)24-18/h3-4,7,9,11-13H,5-6,8,10H2,1-2H3,(H,21,23)(H2,19,22,25)/t11-,12-,13-/m1/s1. The number of carbonyl (C=O) groups is 1. The van der Waals surface area contributed by atoms with Crippen molar-refractivity contribution in [1.29, 1.82) is 0 Å². The van der Waals surface area contributed by atoms with Crippen LogP contribution in [0.3, 0.4) is 0 Å². The van der Waals surface area contributed by atoms with Crippen molar-refractivity contribution >= 4 is 46.1 Å². The minimum Gasteiger partial charge on any atom is -0.431 e. The molecule has 3 rings (SSSR count). The van der Waals surface area contributed by atoms with Gasteiger partial charge in [0.1, 0.15) is 5.52 Å². The lowest BCUT2D eigenvalue weighted by Crippen LogP contribution is -2.52. The summed E-state index contributed by atoms with van der Waals surface area (Å²) in [5, 5.41) is 4.25. The van der Waals surface area contributed by atoms with Gasteiger partial charge in [-0.15, -0.1) is 0 Å². The van der Waals surface area contributed by atoms with Gasteiger partial charge in [0.2, 0.25) is 5.91 Å². The Kier molecular flexibility index (Phi) is 6.37. The van der Waals surface area contributed by atoms with Gasteiger partial charge in [0, 0.05) is 6.04 Å². The number of nitrogens with zero attached hydrogens (tertiary/aromatic N) is 1. The monoisotopic (exact) mass is 392 g/mol. The predicted octanol–water partition coefficient (Wildman–Crippen LogP) is 3.24. The molecule has 0 saturated heterocycles. The molecule has 3 N–H and O–H groups in total. The average Bonchev–Trinajstić information content (AvgIpc) is 3.05. The maximum atomic E-state index is 12.0. The van der Waals surface area contributed by atoms with Crippen LogP contribution in [0.25, 0.3) is 11.1 Å². The second-order valence-corrected chi connectivity index (χ2v) is 8.09. The Morgan fingerprint density at radius 2 is 2.12 bits per heavy atom. The van der Waals surface area contributed by atoms with Crippen LogP contribution in [-0.2, 0) is 4.79 Å². The molecule has 3 atom stereocenters. The summed E-state index contributed by atoms with van der Waals surface area (Å²) in [6.45, 7) is 4.53. The summed E-state index contributed by atoms with van der Waals surface area (Å²) < 4.78 is 5.58. The van der Waals surface area contributed by atoms with Gasteiger partial charge >= 0.3 is 0 Å². The van der Waals surface area contributed by atoms with E-state index >= 15 is 0 Å². The summed E-state index contributed by atoms with van der Waals surface area (Å²) in [6, 6.07) is 7.87. The summed E-state index contributed by atoms with van der Waals surface area (Å²) in [5.41, 5.74) is 6.91. The van der Waals surface area contributed by atoms with Crippen molar-refractivity contribution in [2.75, 3.05) is 5.75 Å². The molecule has 8 heteroatoms. The van der Waals surface area contributed by atoms with Crippen LogP contribution in [0.4, 0.5) is 0 Å². The molecule has 2 aromatic rings. The number of carbonyl (C=O) groups excluding carboxylic acids is 1. The highest BCUT2D eigenvalue weighted by Gasteiger charge is 2.27. The van der Waals surface area contributed by atoms with Crippen LogP contribution in [0, 0.1) is 11.8 Å². The summed E-state index contributed by atoms with van der Waals surface area (Å²) >= 11 is 6.54. The first kappa shape index (κ1) is 19.0.